The second-order valence-electron chi connectivity index (χ2n) is 2.27. The number of piperidine rings is 1. The van der Waals surface area contributed by atoms with Crippen molar-refractivity contribution in [1.29, 1.82) is 0 Å². The summed E-state index contributed by atoms with van der Waals surface area (Å²) in [6.45, 7) is -7.14. The Labute approximate surface area is 109 Å². The van der Waals surface area contributed by atoms with E-state index in [0.29, 0.717) is 0 Å². The number of pyridine rings is 1. The predicted octanol–water partition coefficient (Wildman–Crippen LogP) is 1.81. The van der Waals surface area contributed by atoms with Crippen molar-refractivity contribution in [2.24, 2.45) is 0 Å². The normalized spacial score (nSPS) is 47.7. The summed E-state index contributed by atoms with van der Waals surface area (Å²) in [5, 5.41) is 10.1. The van der Waals surface area contributed by atoms with Gasteiger partial charge in [0.05, 0.1) is 11.6 Å². The second-order valence-corrected chi connectivity index (χ2v) is 3.02. The summed E-state index contributed by atoms with van der Waals surface area (Å²) in [6, 6.07) is -1.71. The quantitative estimate of drug-likeness (QED) is 0.790. The zero-order valence-corrected chi connectivity index (χ0v) is 8.31. The van der Waals surface area contributed by atoms with E-state index >= 15 is 0 Å². The molecule has 1 aromatic rings. The van der Waals surface area contributed by atoms with Crippen LogP contribution in [-0.2, 0) is 0 Å². The van der Waals surface area contributed by atoms with Crippen molar-refractivity contribution >= 4 is 21.6 Å². The standard InChI is InChI=1S/C10H13BrN2O/c11-10-7-8(1-4-12-10)13-5-2-9(14)3-6-13/h1,4,7,9,14H,2-3,5-6H2/i1D,2D2,3D2,4D,5D2,6D2,7D,9D. The van der Waals surface area contributed by atoms with E-state index in [1.54, 1.807) is 0 Å². The third-order valence-electron chi connectivity index (χ3n) is 1.35. The van der Waals surface area contributed by atoms with Gasteiger partial charge >= 0.3 is 0 Å². The third kappa shape index (κ3) is 2.25. The van der Waals surface area contributed by atoms with E-state index in [-0.39, 0.29) is 9.50 Å². The molecule has 0 radical (unpaired) electrons. The molecule has 0 spiro atoms. The van der Waals surface area contributed by atoms with Crippen molar-refractivity contribution in [3.63, 3.8) is 0 Å². The highest BCUT2D eigenvalue weighted by Gasteiger charge is 2.17. The maximum Gasteiger partial charge on any atom is 0.108 e. The Kier molecular flexibility index (Phi) is 0.901. The smallest absolute Gasteiger partial charge is 0.108 e. The van der Waals surface area contributed by atoms with Gasteiger partial charge in [0.2, 0.25) is 0 Å². The van der Waals surface area contributed by atoms with Crippen LogP contribution in [0.15, 0.2) is 22.9 Å². The number of anilines is 1. The fraction of sp³-hybridized carbons (Fsp3) is 0.500. The molecule has 0 amide bonds. The lowest BCUT2D eigenvalue weighted by atomic mass is 10.1. The van der Waals surface area contributed by atoms with Gasteiger partial charge in [0, 0.05) is 35.8 Å². The summed E-state index contributed by atoms with van der Waals surface area (Å²) in [4.78, 5) is 3.35. The lowest BCUT2D eigenvalue weighted by molar-refractivity contribution is 0.145. The molecule has 0 unspecified atom stereocenters. The van der Waals surface area contributed by atoms with Crippen LogP contribution in [0.5, 0.6) is 0 Å². The molecule has 0 atom stereocenters. The number of nitrogens with zero attached hydrogens (tertiary/aromatic N) is 2. The van der Waals surface area contributed by atoms with Crippen molar-refractivity contribution in [3.8, 4) is 0 Å². The Morgan fingerprint density at radius 1 is 1.71 bits per heavy atom. The van der Waals surface area contributed by atoms with Gasteiger partial charge in [0.15, 0.2) is 0 Å². The average Bonchev–Trinajstić information content (AvgIpc) is 2.47. The van der Waals surface area contributed by atoms with Gasteiger partial charge in [-0.05, 0) is 40.8 Å². The summed E-state index contributed by atoms with van der Waals surface area (Å²) in [5.41, 5.74) is -0.935. The largest absolute Gasteiger partial charge is 0.393 e. The van der Waals surface area contributed by atoms with Crippen LogP contribution in [-0.4, -0.2) is 29.2 Å². The van der Waals surface area contributed by atoms with Crippen molar-refractivity contribution < 1.29 is 21.6 Å². The first-order chi connectivity index (χ1) is 11.4. The molecule has 76 valence electrons. The summed E-state index contributed by atoms with van der Waals surface area (Å²) < 4.78 is 93.9. The molecule has 14 heavy (non-hydrogen) atoms. The molecule has 1 N–H and O–H groups in total. The Morgan fingerprint density at radius 3 is 3.14 bits per heavy atom. The second kappa shape index (κ2) is 4.28. The highest BCUT2D eigenvalue weighted by atomic mass is 79.9. The monoisotopic (exact) mass is 268 g/mol. The Hall–Kier alpha value is -0.610. The summed E-state index contributed by atoms with van der Waals surface area (Å²) in [7, 11) is 0. The maximum absolute atomic E-state index is 10.1. The van der Waals surface area contributed by atoms with Gasteiger partial charge in [0.1, 0.15) is 4.60 Å². The fourth-order valence-electron chi connectivity index (χ4n) is 0.787. The fourth-order valence-corrected chi connectivity index (χ4v) is 1.06. The lowest BCUT2D eigenvalue weighted by Crippen LogP contribution is -2.35. The van der Waals surface area contributed by atoms with Crippen LogP contribution in [0.1, 0.15) is 29.2 Å². The molecule has 1 aromatic heterocycles. The third-order valence-corrected chi connectivity index (χ3v) is 1.72. The molecule has 2 rings (SSSR count). The van der Waals surface area contributed by atoms with Crippen LogP contribution < -0.4 is 4.90 Å². The van der Waals surface area contributed by atoms with Crippen LogP contribution in [0.2, 0.25) is 0 Å². The van der Waals surface area contributed by atoms with Crippen molar-refractivity contribution in [3.05, 3.63) is 22.9 Å². The Morgan fingerprint density at radius 2 is 2.43 bits per heavy atom. The molecule has 1 aliphatic rings. The topological polar surface area (TPSA) is 36.4 Å². The van der Waals surface area contributed by atoms with Gasteiger partial charge < -0.3 is 10.0 Å². The van der Waals surface area contributed by atoms with Crippen LogP contribution in [0.4, 0.5) is 5.69 Å². The van der Waals surface area contributed by atoms with Gasteiger partial charge in [-0.1, -0.05) is 0 Å². The SMILES string of the molecule is [2H]c1nc(Br)c([2H])c(N2C([2H])([2H])C([2H])([2H])C([2H])(O)C([2H])([2H])C2([2H])[2H])c1[2H]. The van der Waals surface area contributed by atoms with Gasteiger partial charge in [-0.15, -0.1) is 0 Å². The molecule has 2 heterocycles. The summed E-state index contributed by atoms with van der Waals surface area (Å²) in [6.07, 6.45) is -12.0. The molecule has 0 bridgehead atoms. The summed E-state index contributed by atoms with van der Waals surface area (Å²) in [5.74, 6) is 0. The van der Waals surface area contributed by atoms with E-state index in [1.165, 1.54) is 0 Å². The first-order valence-electron chi connectivity index (χ1n) is 9.53. The Balaban J connectivity index is 2.97. The van der Waals surface area contributed by atoms with E-state index in [0.717, 1.165) is 0 Å². The number of aliphatic hydroxyl groups is 1. The number of rotatable bonds is 1. The molecule has 3 nitrogen and oxygen atoms in total. The van der Waals surface area contributed by atoms with E-state index in [1.807, 2.05) is 0 Å². The first-order valence-corrected chi connectivity index (χ1v) is 4.32. The van der Waals surface area contributed by atoms with Gasteiger partial charge in [-0.25, -0.2) is 4.98 Å². The number of aromatic nitrogens is 1. The van der Waals surface area contributed by atoms with Crippen molar-refractivity contribution in [2.75, 3.05) is 17.9 Å². The Bertz CT molecular complexity index is 711. The highest BCUT2D eigenvalue weighted by Crippen LogP contribution is 2.21. The number of hydrogen-bond acceptors (Lipinski definition) is 3. The minimum atomic E-state index is -3.85. The molecule has 1 aliphatic heterocycles. The number of halogens is 1. The average molecular weight is 269 g/mol. The molecule has 1 saturated heterocycles. The highest BCUT2D eigenvalue weighted by molar-refractivity contribution is 9.10. The van der Waals surface area contributed by atoms with Gasteiger partial charge in [-0.2, -0.15) is 0 Å². The molecule has 4 heteroatoms. The maximum atomic E-state index is 10.1. The minimum Gasteiger partial charge on any atom is -0.393 e. The van der Waals surface area contributed by atoms with Crippen LogP contribution in [0, 0.1) is 0 Å². The minimum absolute atomic E-state index is 0.141. The van der Waals surface area contributed by atoms with Crippen molar-refractivity contribution in [1.82, 2.24) is 4.98 Å². The zero-order valence-electron chi connectivity index (χ0n) is 18.7. The summed E-state index contributed by atoms with van der Waals surface area (Å²) >= 11 is 2.80. The molecular weight excluding hydrogens is 244 g/mol. The van der Waals surface area contributed by atoms with E-state index in [4.69, 9.17) is 16.4 Å². The van der Waals surface area contributed by atoms with E-state index in [9.17, 15) is 5.11 Å². The molecule has 1 fully saturated rings. The first kappa shape index (κ1) is 2.95. The number of hydrogen-bond donors (Lipinski definition) is 1. The molecule has 0 saturated carbocycles. The van der Waals surface area contributed by atoms with E-state index in [2.05, 4.69) is 20.9 Å². The van der Waals surface area contributed by atoms with Gasteiger partial charge in [0.25, 0.3) is 0 Å². The van der Waals surface area contributed by atoms with Crippen LogP contribution in [0.25, 0.3) is 0 Å². The van der Waals surface area contributed by atoms with E-state index < -0.39 is 55.8 Å². The van der Waals surface area contributed by atoms with Crippen molar-refractivity contribution in [2.45, 2.75) is 18.8 Å². The molecule has 0 aromatic carbocycles. The zero-order chi connectivity index (χ0) is 20.7. The predicted molar refractivity (Wildman–Crippen MR) is 59.4 cm³/mol. The van der Waals surface area contributed by atoms with Gasteiger partial charge in [-0.3, -0.25) is 0 Å². The van der Waals surface area contributed by atoms with Crippen LogP contribution in [0.3, 0.4) is 0 Å². The lowest BCUT2D eigenvalue weighted by Gasteiger charge is -2.31. The van der Waals surface area contributed by atoms with Crippen LogP contribution >= 0.6 is 15.9 Å². The molecular formula is C10H13BrN2O. The molecule has 0 aliphatic carbocycles.